The van der Waals surface area contributed by atoms with Crippen molar-refractivity contribution in [2.75, 3.05) is 13.6 Å². The average molecular weight is 469 g/mol. The molecule has 29 heavy (non-hydrogen) atoms. The third-order valence-electron chi connectivity index (χ3n) is 3.50. The van der Waals surface area contributed by atoms with Crippen molar-refractivity contribution in [3.8, 4) is 0 Å². The largest absolute Gasteiger partial charge is 0.460 e. The van der Waals surface area contributed by atoms with Gasteiger partial charge in [-0.1, -0.05) is 6.92 Å². The molecule has 0 aromatic heterocycles. The molecule has 0 aromatic rings. The number of rotatable bonds is 8. The van der Waals surface area contributed by atoms with Crippen molar-refractivity contribution in [2.24, 2.45) is 0 Å². The highest BCUT2D eigenvalue weighted by atomic mass is 19.4. The number of nitrogens with zero attached hydrogens (tertiary/aromatic N) is 1. The van der Waals surface area contributed by atoms with Crippen molar-refractivity contribution in [1.29, 1.82) is 0 Å². The molecule has 0 heterocycles. The SMILES string of the molecule is CCCN(C)C(=O)C(F)(F)C(F)(F)C(F)(F)C(F)(F)C(F)(F)C(F)(F)C(F)(F)F. The van der Waals surface area contributed by atoms with E-state index in [-0.39, 0.29) is 6.42 Å². The van der Waals surface area contributed by atoms with Gasteiger partial charge in [0, 0.05) is 13.6 Å². The first kappa shape index (κ1) is 27.4. The van der Waals surface area contributed by atoms with E-state index in [0.717, 1.165) is 6.92 Å². The first-order valence-electron chi connectivity index (χ1n) is 6.98. The normalized spacial score (nSPS) is 15.5. The van der Waals surface area contributed by atoms with Gasteiger partial charge in [0.1, 0.15) is 0 Å². The summed E-state index contributed by atoms with van der Waals surface area (Å²) in [5, 5.41) is 0. The fraction of sp³-hybridized carbons (Fsp3) is 0.917. The maximum absolute atomic E-state index is 13.5. The summed E-state index contributed by atoms with van der Waals surface area (Å²) >= 11 is 0. The first-order valence-corrected chi connectivity index (χ1v) is 6.98. The number of hydrogen-bond donors (Lipinski definition) is 0. The van der Waals surface area contributed by atoms with Crippen molar-refractivity contribution in [3.63, 3.8) is 0 Å². The second-order valence-corrected chi connectivity index (χ2v) is 5.67. The van der Waals surface area contributed by atoms with E-state index in [1.165, 1.54) is 0 Å². The Balaban J connectivity index is 6.54. The van der Waals surface area contributed by atoms with Crippen molar-refractivity contribution in [2.45, 2.75) is 55.1 Å². The Bertz CT molecular complexity index is 609. The van der Waals surface area contributed by atoms with Crippen LogP contribution in [0.5, 0.6) is 0 Å². The minimum absolute atomic E-state index is 0.272. The molecule has 0 aromatic carbocycles. The van der Waals surface area contributed by atoms with Gasteiger partial charge in [0.2, 0.25) is 0 Å². The predicted octanol–water partition coefficient (Wildman–Crippen LogP) is 5.23. The lowest BCUT2D eigenvalue weighted by Gasteiger charge is -2.41. The molecule has 0 N–H and O–H groups in total. The molecule has 17 heteroatoms. The van der Waals surface area contributed by atoms with Crippen LogP contribution in [-0.4, -0.2) is 66.1 Å². The van der Waals surface area contributed by atoms with Crippen LogP contribution in [0.1, 0.15) is 13.3 Å². The Morgan fingerprint density at radius 3 is 1.24 bits per heavy atom. The zero-order chi connectivity index (χ0) is 24.1. The van der Waals surface area contributed by atoms with Crippen LogP contribution in [0, 0.1) is 0 Å². The van der Waals surface area contributed by atoms with Gasteiger partial charge in [-0.2, -0.15) is 65.9 Å². The smallest absolute Gasteiger partial charge is 0.340 e. The molecule has 0 radical (unpaired) electrons. The highest BCUT2D eigenvalue weighted by Crippen LogP contribution is 2.62. The highest BCUT2D eigenvalue weighted by Gasteiger charge is 2.94. The Morgan fingerprint density at radius 1 is 0.621 bits per heavy atom. The Kier molecular flexibility index (Phi) is 6.88. The van der Waals surface area contributed by atoms with Crippen LogP contribution >= 0.6 is 0 Å². The third kappa shape index (κ3) is 3.68. The molecular weight excluding hydrogens is 459 g/mol. The number of carbonyl (C=O) groups excluding carboxylic acids is 1. The minimum Gasteiger partial charge on any atom is -0.340 e. The van der Waals surface area contributed by atoms with Crippen molar-refractivity contribution >= 4 is 5.91 Å². The summed E-state index contributed by atoms with van der Waals surface area (Å²) in [7, 11) is 0.290. The number of hydrogen-bond acceptors (Lipinski definition) is 1. The number of alkyl halides is 15. The molecule has 0 bridgehead atoms. The minimum atomic E-state index is -8.39. The lowest BCUT2D eigenvalue weighted by Crippen LogP contribution is -2.74. The molecule has 0 aliphatic rings. The van der Waals surface area contributed by atoms with Crippen LogP contribution in [0.4, 0.5) is 65.9 Å². The quantitative estimate of drug-likeness (QED) is 0.446. The number of halogens is 15. The molecule has 2 nitrogen and oxygen atoms in total. The van der Waals surface area contributed by atoms with Gasteiger partial charge in [0.05, 0.1) is 0 Å². The molecule has 0 unspecified atom stereocenters. The molecule has 0 aliphatic carbocycles. The van der Waals surface area contributed by atoms with E-state index in [4.69, 9.17) is 0 Å². The maximum atomic E-state index is 13.5. The molecular formula is C12H10F15NO. The lowest BCUT2D eigenvalue weighted by atomic mass is 9.90. The molecule has 0 rings (SSSR count). The van der Waals surface area contributed by atoms with Crippen LogP contribution in [-0.2, 0) is 4.79 Å². The summed E-state index contributed by atoms with van der Waals surface area (Å²) in [5.74, 6) is -51.0. The average Bonchev–Trinajstić information content (AvgIpc) is 2.52. The van der Waals surface area contributed by atoms with Crippen LogP contribution < -0.4 is 0 Å². The van der Waals surface area contributed by atoms with Crippen molar-refractivity contribution < 1.29 is 70.7 Å². The zero-order valence-corrected chi connectivity index (χ0v) is 13.9. The summed E-state index contributed by atoms with van der Waals surface area (Å²) in [6.07, 6.45) is -7.93. The first-order chi connectivity index (χ1) is 12.4. The maximum Gasteiger partial charge on any atom is 0.460 e. The van der Waals surface area contributed by atoms with Gasteiger partial charge in [-0.15, -0.1) is 0 Å². The molecule has 0 spiro atoms. The zero-order valence-electron chi connectivity index (χ0n) is 13.9. The topological polar surface area (TPSA) is 20.3 Å². The molecule has 1 amide bonds. The summed E-state index contributed by atoms with van der Waals surface area (Å²) in [6, 6.07) is 0. The molecule has 0 fully saturated rings. The summed E-state index contributed by atoms with van der Waals surface area (Å²) in [4.78, 5) is 10.8. The molecule has 0 aliphatic heterocycles. The third-order valence-corrected chi connectivity index (χ3v) is 3.50. The fourth-order valence-electron chi connectivity index (χ4n) is 1.78. The molecule has 0 saturated heterocycles. The van der Waals surface area contributed by atoms with Crippen molar-refractivity contribution in [3.05, 3.63) is 0 Å². The Morgan fingerprint density at radius 2 is 0.931 bits per heavy atom. The molecule has 0 atom stereocenters. The van der Waals surface area contributed by atoms with Crippen LogP contribution in [0.2, 0.25) is 0 Å². The van der Waals surface area contributed by atoms with Gasteiger partial charge in [0.15, 0.2) is 0 Å². The number of carbonyl (C=O) groups is 1. The van der Waals surface area contributed by atoms with Gasteiger partial charge in [-0.25, -0.2) is 0 Å². The van der Waals surface area contributed by atoms with E-state index < -0.39 is 59.1 Å². The van der Waals surface area contributed by atoms with Crippen LogP contribution in [0.3, 0.4) is 0 Å². The van der Waals surface area contributed by atoms with Crippen LogP contribution in [0.25, 0.3) is 0 Å². The number of amides is 1. The second kappa shape index (κ2) is 7.28. The molecule has 0 saturated carbocycles. The van der Waals surface area contributed by atoms with E-state index in [9.17, 15) is 70.7 Å². The predicted molar refractivity (Wildman–Crippen MR) is 63.7 cm³/mol. The standard InChI is InChI=1S/C12H10F15NO/c1-3-4-28(2)5(29)6(13,14)7(15,16)8(17,18)9(19,20)10(21,22)11(23,24)12(25,26)27/h3-4H2,1-2H3. The van der Waals surface area contributed by atoms with E-state index in [1.54, 1.807) is 0 Å². The summed E-state index contributed by atoms with van der Waals surface area (Å²) in [5.41, 5.74) is 0. The monoisotopic (exact) mass is 469 g/mol. The Hall–Kier alpha value is -1.58. The van der Waals surface area contributed by atoms with Gasteiger partial charge < -0.3 is 4.90 Å². The van der Waals surface area contributed by atoms with Gasteiger partial charge >= 0.3 is 41.7 Å². The molecule has 174 valence electrons. The second-order valence-electron chi connectivity index (χ2n) is 5.67. The van der Waals surface area contributed by atoms with Gasteiger partial charge in [-0.05, 0) is 6.42 Å². The van der Waals surface area contributed by atoms with Gasteiger partial charge in [0.25, 0.3) is 5.91 Å². The van der Waals surface area contributed by atoms with E-state index in [2.05, 4.69) is 0 Å². The highest BCUT2D eigenvalue weighted by molar-refractivity contribution is 5.84. The lowest BCUT2D eigenvalue weighted by molar-refractivity contribution is -0.449. The van der Waals surface area contributed by atoms with Crippen LogP contribution in [0.15, 0.2) is 0 Å². The van der Waals surface area contributed by atoms with E-state index in [0.29, 0.717) is 7.05 Å². The summed E-state index contributed by atoms with van der Waals surface area (Å²) < 4.78 is 194. The van der Waals surface area contributed by atoms with E-state index in [1.807, 2.05) is 0 Å². The van der Waals surface area contributed by atoms with Crippen molar-refractivity contribution in [1.82, 2.24) is 4.90 Å². The van der Waals surface area contributed by atoms with E-state index >= 15 is 0 Å². The van der Waals surface area contributed by atoms with Gasteiger partial charge in [-0.3, -0.25) is 4.79 Å². The summed E-state index contributed by atoms with van der Waals surface area (Å²) in [6.45, 7) is 0.289. The Labute approximate surface area is 151 Å². The fourth-order valence-corrected chi connectivity index (χ4v) is 1.78.